The first-order valence-corrected chi connectivity index (χ1v) is 7.79. The molecule has 116 valence electrons. The minimum absolute atomic E-state index is 0.172. The minimum atomic E-state index is -0.172. The highest BCUT2D eigenvalue weighted by atomic mass is 35.5. The average molecular weight is 302 g/mol. The Morgan fingerprint density at radius 1 is 1.35 bits per heavy atom. The monoisotopic (exact) mass is 301 g/mol. The van der Waals surface area contributed by atoms with E-state index in [1.165, 1.54) is 0 Å². The van der Waals surface area contributed by atoms with Gasteiger partial charge in [-0.1, -0.05) is 32.4 Å². The molecule has 1 aromatic heterocycles. The third-order valence-electron chi connectivity index (χ3n) is 4.49. The summed E-state index contributed by atoms with van der Waals surface area (Å²) in [6.07, 6.45) is 3.59. The Bertz CT molecular complexity index is 419. The zero-order valence-electron chi connectivity index (χ0n) is 13.6. The van der Waals surface area contributed by atoms with Crippen LogP contribution in [0.3, 0.4) is 0 Å². The van der Waals surface area contributed by atoms with E-state index in [-0.39, 0.29) is 11.6 Å². The number of nitrogens with one attached hydrogen (secondary N) is 1. The van der Waals surface area contributed by atoms with Crippen molar-refractivity contribution in [1.82, 2.24) is 15.1 Å². The summed E-state index contributed by atoms with van der Waals surface area (Å²) < 4.78 is 7.74. The number of aromatic nitrogens is 2. The van der Waals surface area contributed by atoms with Crippen molar-refractivity contribution < 1.29 is 4.74 Å². The molecule has 1 N–H and O–H groups in total. The summed E-state index contributed by atoms with van der Waals surface area (Å²) in [5.41, 5.74) is 1.87. The van der Waals surface area contributed by atoms with Gasteiger partial charge in [-0.15, -0.1) is 0 Å². The maximum atomic E-state index is 6.46. The van der Waals surface area contributed by atoms with Gasteiger partial charge < -0.3 is 10.1 Å². The van der Waals surface area contributed by atoms with Crippen LogP contribution in [0.25, 0.3) is 0 Å². The standard InChI is InChI=1S/C15H28ClN3O/c1-7-11-14(16)12(19(5)18-11)10-13(17-4)15(8-2,9-3)20-6/h13,17H,7-10H2,1-6H3. The molecule has 20 heavy (non-hydrogen) atoms. The van der Waals surface area contributed by atoms with Gasteiger partial charge in [0, 0.05) is 26.6 Å². The Morgan fingerprint density at radius 2 is 1.95 bits per heavy atom. The van der Waals surface area contributed by atoms with Gasteiger partial charge in [-0.2, -0.15) is 5.10 Å². The summed E-state index contributed by atoms with van der Waals surface area (Å²) in [7, 11) is 5.73. The molecule has 1 rings (SSSR count). The second-order valence-corrected chi connectivity index (χ2v) is 5.58. The first-order chi connectivity index (χ1) is 9.49. The number of likely N-dealkylation sites (N-methyl/N-ethyl adjacent to an activating group) is 1. The maximum Gasteiger partial charge on any atom is 0.0850 e. The van der Waals surface area contributed by atoms with Gasteiger partial charge in [-0.05, 0) is 26.3 Å². The van der Waals surface area contributed by atoms with Crippen molar-refractivity contribution in [2.24, 2.45) is 7.05 Å². The van der Waals surface area contributed by atoms with Gasteiger partial charge in [-0.3, -0.25) is 4.68 Å². The predicted octanol–water partition coefficient (Wildman–Crippen LogP) is 2.97. The molecule has 0 radical (unpaired) electrons. The molecule has 5 heteroatoms. The SMILES string of the molecule is CCc1nn(C)c(CC(NC)C(CC)(CC)OC)c1Cl. The van der Waals surface area contributed by atoms with Crippen LogP contribution in [0.1, 0.15) is 45.0 Å². The highest BCUT2D eigenvalue weighted by molar-refractivity contribution is 6.31. The second-order valence-electron chi connectivity index (χ2n) is 5.21. The molecule has 1 unspecified atom stereocenters. The topological polar surface area (TPSA) is 39.1 Å². The third kappa shape index (κ3) is 3.18. The maximum absolute atomic E-state index is 6.46. The molecule has 0 aromatic carbocycles. The Morgan fingerprint density at radius 3 is 2.30 bits per heavy atom. The fourth-order valence-corrected chi connectivity index (χ4v) is 3.33. The Labute approximate surface area is 127 Å². The molecule has 0 saturated heterocycles. The predicted molar refractivity (Wildman–Crippen MR) is 84.5 cm³/mol. The Kier molecular flexibility index (Phi) is 6.49. The number of methoxy groups -OCH3 is 1. The zero-order valence-corrected chi connectivity index (χ0v) is 14.3. The van der Waals surface area contributed by atoms with Crippen molar-refractivity contribution in [3.63, 3.8) is 0 Å². The third-order valence-corrected chi connectivity index (χ3v) is 4.92. The Balaban J connectivity index is 3.08. The normalized spacial score (nSPS) is 13.8. The van der Waals surface area contributed by atoms with E-state index in [1.54, 1.807) is 7.11 Å². The summed E-state index contributed by atoms with van der Waals surface area (Å²) in [6, 6.07) is 0.208. The van der Waals surface area contributed by atoms with Gasteiger partial charge in [0.15, 0.2) is 0 Å². The van der Waals surface area contributed by atoms with Gasteiger partial charge in [-0.25, -0.2) is 0 Å². The van der Waals surface area contributed by atoms with Gasteiger partial charge in [0.25, 0.3) is 0 Å². The highest BCUT2D eigenvalue weighted by Crippen LogP contribution is 2.29. The van der Waals surface area contributed by atoms with Crippen molar-refractivity contribution in [2.75, 3.05) is 14.2 Å². The summed E-state index contributed by atoms with van der Waals surface area (Å²) in [5, 5.41) is 8.69. The van der Waals surface area contributed by atoms with E-state index in [4.69, 9.17) is 16.3 Å². The molecular weight excluding hydrogens is 274 g/mol. The van der Waals surface area contributed by atoms with Crippen LogP contribution in [0.15, 0.2) is 0 Å². The molecular formula is C15H28ClN3O. The van der Waals surface area contributed by atoms with Crippen molar-refractivity contribution in [3.8, 4) is 0 Å². The summed E-state index contributed by atoms with van der Waals surface area (Å²) in [6.45, 7) is 6.41. The molecule has 0 spiro atoms. The van der Waals surface area contributed by atoms with Gasteiger partial charge in [0.1, 0.15) is 0 Å². The molecule has 4 nitrogen and oxygen atoms in total. The largest absolute Gasteiger partial charge is 0.377 e. The van der Waals surface area contributed by atoms with E-state index >= 15 is 0 Å². The average Bonchev–Trinajstić information content (AvgIpc) is 2.75. The van der Waals surface area contributed by atoms with Gasteiger partial charge >= 0.3 is 0 Å². The number of hydrogen-bond donors (Lipinski definition) is 1. The van der Waals surface area contributed by atoms with E-state index in [0.29, 0.717) is 0 Å². The second kappa shape index (κ2) is 7.43. The van der Waals surface area contributed by atoms with Crippen molar-refractivity contribution in [2.45, 2.75) is 58.1 Å². The van der Waals surface area contributed by atoms with E-state index in [9.17, 15) is 0 Å². The number of aryl methyl sites for hydroxylation is 2. The summed E-state index contributed by atoms with van der Waals surface area (Å²) in [5.74, 6) is 0. The molecule has 1 aromatic rings. The van der Waals surface area contributed by atoms with Gasteiger partial charge in [0.05, 0.1) is 22.0 Å². The van der Waals surface area contributed by atoms with Crippen LogP contribution in [-0.2, 0) is 24.6 Å². The van der Waals surface area contributed by atoms with Crippen molar-refractivity contribution >= 4 is 11.6 Å². The number of rotatable bonds is 8. The number of hydrogen-bond acceptors (Lipinski definition) is 3. The number of ether oxygens (including phenoxy) is 1. The fraction of sp³-hybridized carbons (Fsp3) is 0.800. The lowest BCUT2D eigenvalue weighted by molar-refractivity contribution is -0.0458. The lowest BCUT2D eigenvalue weighted by atomic mass is 9.85. The summed E-state index contributed by atoms with van der Waals surface area (Å²) >= 11 is 6.46. The van der Waals surface area contributed by atoms with Gasteiger partial charge in [0.2, 0.25) is 0 Å². The molecule has 0 amide bonds. The van der Waals surface area contributed by atoms with Crippen LogP contribution >= 0.6 is 11.6 Å². The van der Waals surface area contributed by atoms with Crippen molar-refractivity contribution in [1.29, 1.82) is 0 Å². The summed E-state index contributed by atoms with van der Waals surface area (Å²) in [4.78, 5) is 0. The lowest BCUT2D eigenvalue weighted by Crippen LogP contribution is -2.51. The van der Waals surface area contributed by atoms with Crippen LogP contribution in [0.4, 0.5) is 0 Å². The quantitative estimate of drug-likeness (QED) is 0.802. The van der Waals surface area contributed by atoms with Crippen LogP contribution in [0.5, 0.6) is 0 Å². The molecule has 0 saturated carbocycles. The number of nitrogens with zero attached hydrogens (tertiary/aromatic N) is 2. The van der Waals surface area contributed by atoms with Crippen LogP contribution in [-0.4, -0.2) is 35.6 Å². The first-order valence-electron chi connectivity index (χ1n) is 7.42. The molecule has 0 fully saturated rings. The highest BCUT2D eigenvalue weighted by Gasteiger charge is 2.36. The van der Waals surface area contributed by atoms with Crippen LogP contribution in [0, 0.1) is 0 Å². The molecule has 0 aliphatic rings. The first kappa shape index (κ1) is 17.5. The van der Waals surface area contributed by atoms with Crippen molar-refractivity contribution in [3.05, 3.63) is 16.4 Å². The van der Waals surface area contributed by atoms with E-state index in [0.717, 1.165) is 42.1 Å². The minimum Gasteiger partial charge on any atom is -0.377 e. The van der Waals surface area contributed by atoms with Crippen LogP contribution in [0.2, 0.25) is 5.02 Å². The Hall–Kier alpha value is -0.580. The molecule has 1 atom stereocenters. The van der Waals surface area contributed by atoms with E-state index < -0.39 is 0 Å². The lowest BCUT2D eigenvalue weighted by Gasteiger charge is -2.38. The van der Waals surface area contributed by atoms with E-state index in [2.05, 4.69) is 31.2 Å². The smallest absolute Gasteiger partial charge is 0.0850 e. The van der Waals surface area contributed by atoms with Crippen LogP contribution < -0.4 is 5.32 Å². The molecule has 0 aliphatic carbocycles. The zero-order chi connectivity index (χ0) is 15.3. The molecule has 0 bridgehead atoms. The van der Waals surface area contributed by atoms with E-state index in [1.807, 2.05) is 18.8 Å². The number of halogens is 1. The molecule has 0 aliphatic heterocycles. The fourth-order valence-electron chi connectivity index (χ4n) is 2.96. The molecule has 1 heterocycles.